The van der Waals surface area contributed by atoms with Crippen molar-refractivity contribution in [3.05, 3.63) is 83.9 Å². The van der Waals surface area contributed by atoms with Crippen LogP contribution in [0.3, 0.4) is 0 Å². The van der Waals surface area contributed by atoms with E-state index in [9.17, 15) is 9.18 Å². The summed E-state index contributed by atoms with van der Waals surface area (Å²) >= 11 is 0. The summed E-state index contributed by atoms with van der Waals surface area (Å²) in [6.07, 6.45) is 3.37. The summed E-state index contributed by atoms with van der Waals surface area (Å²) in [6.45, 7) is 5.27. The first-order chi connectivity index (χ1) is 14.1. The second-order valence-electron chi connectivity index (χ2n) is 7.20. The lowest BCUT2D eigenvalue weighted by atomic mass is 10.2. The molecular weight excluding hydrogens is 367 g/mol. The lowest BCUT2D eigenvalue weighted by Crippen LogP contribution is -2.46. The average molecular weight is 390 g/mol. The number of rotatable bonds is 4. The molecule has 6 heteroatoms. The third-order valence-corrected chi connectivity index (χ3v) is 5.13. The van der Waals surface area contributed by atoms with Crippen molar-refractivity contribution in [1.29, 1.82) is 0 Å². The number of piperazine rings is 1. The number of aromatic nitrogens is 1. The van der Waals surface area contributed by atoms with Crippen molar-refractivity contribution in [3.63, 3.8) is 0 Å². The topological polar surface area (TPSA) is 48.5 Å². The molecule has 3 aromatic rings. The normalized spacial score (nSPS) is 14.0. The van der Waals surface area contributed by atoms with Crippen LogP contribution in [0.25, 0.3) is 0 Å². The van der Waals surface area contributed by atoms with Crippen molar-refractivity contribution in [3.8, 4) is 0 Å². The van der Waals surface area contributed by atoms with Crippen LogP contribution < -0.4 is 15.1 Å². The number of aryl methyl sites for hydroxylation is 1. The monoisotopic (exact) mass is 390 g/mol. The molecule has 1 saturated heterocycles. The maximum absolute atomic E-state index is 13.1. The van der Waals surface area contributed by atoms with Crippen molar-refractivity contribution in [1.82, 2.24) is 4.98 Å². The molecule has 0 spiro atoms. The highest BCUT2D eigenvalue weighted by atomic mass is 19.1. The molecule has 1 aliphatic rings. The van der Waals surface area contributed by atoms with Gasteiger partial charge in [-0.05, 0) is 49.4 Å². The predicted molar refractivity (Wildman–Crippen MR) is 114 cm³/mol. The molecule has 0 bridgehead atoms. The minimum absolute atomic E-state index is 0.173. The lowest BCUT2D eigenvalue weighted by Gasteiger charge is -2.37. The predicted octanol–water partition coefficient (Wildman–Crippen LogP) is 4.11. The summed E-state index contributed by atoms with van der Waals surface area (Å²) in [4.78, 5) is 21.3. The number of anilines is 3. The molecular formula is C23H23FN4O. The molecule has 0 saturated carbocycles. The van der Waals surface area contributed by atoms with E-state index in [2.05, 4.69) is 20.1 Å². The number of pyridine rings is 1. The molecule has 148 valence electrons. The first kappa shape index (κ1) is 18.9. The van der Waals surface area contributed by atoms with Crippen LogP contribution >= 0.6 is 0 Å². The summed E-state index contributed by atoms with van der Waals surface area (Å²) in [6, 6.07) is 16.2. The van der Waals surface area contributed by atoms with E-state index in [1.165, 1.54) is 12.1 Å². The largest absolute Gasteiger partial charge is 0.368 e. The van der Waals surface area contributed by atoms with E-state index < -0.39 is 0 Å². The van der Waals surface area contributed by atoms with Crippen molar-refractivity contribution in [2.45, 2.75) is 6.92 Å². The molecule has 29 heavy (non-hydrogen) atoms. The Labute approximate surface area is 169 Å². The summed E-state index contributed by atoms with van der Waals surface area (Å²) in [5.41, 5.74) is 4.39. The van der Waals surface area contributed by atoms with Crippen molar-refractivity contribution >= 4 is 23.0 Å². The second-order valence-corrected chi connectivity index (χ2v) is 7.20. The number of nitrogens with one attached hydrogen (secondary N) is 1. The van der Waals surface area contributed by atoms with E-state index >= 15 is 0 Å². The smallest absolute Gasteiger partial charge is 0.257 e. The molecule has 2 heterocycles. The molecule has 0 unspecified atom stereocenters. The molecule has 4 rings (SSSR count). The van der Waals surface area contributed by atoms with Crippen LogP contribution in [-0.4, -0.2) is 37.1 Å². The van der Waals surface area contributed by atoms with E-state index in [1.807, 2.05) is 49.4 Å². The van der Waals surface area contributed by atoms with Gasteiger partial charge in [0.15, 0.2) is 0 Å². The maximum Gasteiger partial charge on any atom is 0.257 e. The van der Waals surface area contributed by atoms with Gasteiger partial charge in [0, 0.05) is 43.8 Å². The Hall–Kier alpha value is -3.41. The molecule has 1 fully saturated rings. The SMILES string of the molecule is Cc1ccc(NC(=O)c2cncc(N3CCN(c4ccc(F)cc4)CC3)c2)cc1. The van der Waals surface area contributed by atoms with Crippen LogP contribution in [0.15, 0.2) is 67.0 Å². The van der Waals surface area contributed by atoms with Crippen LogP contribution in [0.1, 0.15) is 15.9 Å². The number of benzene rings is 2. The first-order valence-corrected chi connectivity index (χ1v) is 9.67. The van der Waals surface area contributed by atoms with E-state index in [1.54, 1.807) is 12.4 Å². The second kappa shape index (κ2) is 8.31. The zero-order chi connectivity index (χ0) is 20.2. The van der Waals surface area contributed by atoms with E-state index in [-0.39, 0.29) is 11.7 Å². The van der Waals surface area contributed by atoms with Gasteiger partial charge in [0.2, 0.25) is 0 Å². The fraction of sp³-hybridized carbons (Fsp3) is 0.217. The quantitative estimate of drug-likeness (QED) is 0.728. The number of halogens is 1. The fourth-order valence-corrected chi connectivity index (χ4v) is 3.44. The molecule has 1 aliphatic heterocycles. The Kier molecular flexibility index (Phi) is 5.42. The standard InChI is InChI=1S/C23H23FN4O/c1-17-2-6-20(7-3-17)26-23(29)18-14-22(16-25-15-18)28-12-10-27(11-13-28)21-8-4-19(24)5-9-21/h2-9,14-16H,10-13H2,1H3,(H,26,29). The van der Waals surface area contributed by atoms with Gasteiger partial charge in [-0.1, -0.05) is 17.7 Å². The zero-order valence-corrected chi connectivity index (χ0v) is 16.3. The van der Waals surface area contributed by atoms with Crippen LogP contribution in [0.5, 0.6) is 0 Å². The molecule has 1 amide bonds. The van der Waals surface area contributed by atoms with Gasteiger partial charge in [-0.3, -0.25) is 9.78 Å². The van der Waals surface area contributed by atoms with Gasteiger partial charge < -0.3 is 15.1 Å². The molecule has 0 aliphatic carbocycles. The van der Waals surface area contributed by atoms with Crippen molar-refractivity contribution in [2.75, 3.05) is 41.3 Å². The Balaban J connectivity index is 1.40. The Bertz CT molecular complexity index is 981. The van der Waals surface area contributed by atoms with Crippen LogP contribution in [0.4, 0.5) is 21.5 Å². The lowest BCUT2D eigenvalue weighted by molar-refractivity contribution is 0.102. The van der Waals surface area contributed by atoms with Crippen LogP contribution in [-0.2, 0) is 0 Å². The van der Waals surface area contributed by atoms with Gasteiger partial charge in [0.1, 0.15) is 5.82 Å². The Morgan fingerprint density at radius 3 is 2.17 bits per heavy atom. The Morgan fingerprint density at radius 2 is 1.52 bits per heavy atom. The molecule has 1 aromatic heterocycles. The number of amides is 1. The number of hydrogen-bond donors (Lipinski definition) is 1. The van der Waals surface area contributed by atoms with E-state index in [0.29, 0.717) is 5.56 Å². The maximum atomic E-state index is 13.1. The highest BCUT2D eigenvalue weighted by Crippen LogP contribution is 2.21. The summed E-state index contributed by atoms with van der Waals surface area (Å²) in [5.74, 6) is -0.396. The van der Waals surface area contributed by atoms with Crippen molar-refractivity contribution < 1.29 is 9.18 Å². The minimum atomic E-state index is -0.223. The van der Waals surface area contributed by atoms with Crippen LogP contribution in [0.2, 0.25) is 0 Å². The molecule has 1 N–H and O–H groups in total. The number of nitrogens with zero attached hydrogens (tertiary/aromatic N) is 3. The van der Waals surface area contributed by atoms with Crippen molar-refractivity contribution in [2.24, 2.45) is 0 Å². The first-order valence-electron chi connectivity index (χ1n) is 9.67. The number of hydrogen-bond acceptors (Lipinski definition) is 4. The number of carbonyl (C=O) groups is 1. The van der Waals surface area contributed by atoms with Gasteiger partial charge >= 0.3 is 0 Å². The van der Waals surface area contributed by atoms with Gasteiger partial charge in [0.05, 0.1) is 17.4 Å². The molecule has 5 nitrogen and oxygen atoms in total. The van der Waals surface area contributed by atoms with Gasteiger partial charge in [-0.2, -0.15) is 0 Å². The van der Waals surface area contributed by atoms with Gasteiger partial charge in [-0.15, -0.1) is 0 Å². The molecule has 0 radical (unpaired) electrons. The molecule has 2 aromatic carbocycles. The van der Waals surface area contributed by atoms with E-state index in [4.69, 9.17) is 0 Å². The van der Waals surface area contributed by atoms with Crippen LogP contribution in [0, 0.1) is 12.7 Å². The number of carbonyl (C=O) groups excluding carboxylic acids is 1. The third-order valence-electron chi connectivity index (χ3n) is 5.13. The van der Waals surface area contributed by atoms with Gasteiger partial charge in [-0.25, -0.2) is 4.39 Å². The molecule has 0 atom stereocenters. The van der Waals surface area contributed by atoms with Gasteiger partial charge in [0.25, 0.3) is 5.91 Å². The summed E-state index contributed by atoms with van der Waals surface area (Å²) in [7, 11) is 0. The van der Waals surface area contributed by atoms with E-state index in [0.717, 1.165) is 48.8 Å². The third kappa shape index (κ3) is 4.54. The fourth-order valence-electron chi connectivity index (χ4n) is 3.44. The summed E-state index contributed by atoms with van der Waals surface area (Å²) < 4.78 is 13.1. The highest BCUT2D eigenvalue weighted by molar-refractivity contribution is 6.04. The average Bonchev–Trinajstić information content (AvgIpc) is 2.76. The Morgan fingerprint density at radius 1 is 0.897 bits per heavy atom. The minimum Gasteiger partial charge on any atom is -0.368 e. The summed E-state index contributed by atoms with van der Waals surface area (Å²) in [5, 5.41) is 2.91. The highest BCUT2D eigenvalue weighted by Gasteiger charge is 2.19. The zero-order valence-electron chi connectivity index (χ0n) is 16.3.